The van der Waals surface area contributed by atoms with Crippen LogP contribution in [-0.4, -0.2) is 29.1 Å². The molecule has 3 heterocycles. The molecule has 92 valence electrons. The molecule has 0 bridgehead atoms. The fourth-order valence-electron chi connectivity index (χ4n) is 2.11. The van der Waals surface area contributed by atoms with E-state index < -0.39 is 0 Å². The Hall–Kier alpha value is -0.910. The number of thiophene rings is 1. The number of hydrogen-bond acceptors (Lipinski definition) is 5. The molecule has 0 saturated carbocycles. The van der Waals surface area contributed by atoms with Crippen LogP contribution in [0.4, 0.5) is 5.82 Å². The molecule has 0 radical (unpaired) electrons. The van der Waals surface area contributed by atoms with Crippen molar-refractivity contribution in [3.8, 4) is 0 Å². The monoisotopic (exact) mass is 270 g/mol. The van der Waals surface area contributed by atoms with Gasteiger partial charge in [0.05, 0.1) is 10.2 Å². The summed E-state index contributed by atoms with van der Waals surface area (Å²) >= 11 is 1.71. The van der Waals surface area contributed by atoms with Gasteiger partial charge in [0.2, 0.25) is 0 Å². The maximum atomic E-state index is 5.91. The normalized spacial score (nSPS) is 17.1. The molecule has 1 fully saturated rings. The Morgan fingerprint density at radius 1 is 1.29 bits per heavy atom. The van der Waals surface area contributed by atoms with Crippen LogP contribution in [0.2, 0.25) is 0 Å². The van der Waals surface area contributed by atoms with Gasteiger partial charge in [-0.15, -0.1) is 23.7 Å². The van der Waals surface area contributed by atoms with Crippen molar-refractivity contribution >= 4 is 39.8 Å². The summed E-state index contributed by atoms with van der Waals surface area (Å²) in [5.74, 6) is 1.08. The van der Waals surface area contributed by atoms with Crippen molar-refractivity contribution in [2.75, 3.05) is 18.0 Å². The Kier molecular flexibility index (Phi) is 3.81. The van der Waals surface area contributed by atoms with E-state index in [-0.39, 0.29) is 12.4 Å². The molecule has 0 unspecified atom stereocenters. The maximum absolute atomic E-state index is 5.91. The molecule has 0 aliphatic carbocycles. The lowest BCUT2D eigenvalue weighted by atomic mass is 10.1. The average molecular weight is 271 g/mol. The summed E-state index contributed by atoms with van der Waals surface area (Å²) in [4.78, 5) is 11.0. The largest absolute Gasteiger partial charge is 0.355 e. The van der Waals surface area contributed by atoms with Crippen LogP contribution < -0.4 is 10.6 Å². The number of fused-ring (bicyclic) bond motifs is 1. The number of hydrogen-bond donors (Lipinski definition) is 1. The molecule has 0 amide bonds. The van der Waals surface area contributed by atoms with Crippen LogP contribution in [0.3, 0.4) is 0 Å². The third-order valence-electron chi connectivity index (χ3n) is 3.06. The van der Waals surface area contributed by atoms with Crippen LogP contribution in [0.25, 0.3) is 10.2 Å². The first-order valence-corrected chi connectivity index (χ1v) is 6.41. The van der Waals surface area contributed by atoms with E-state index in [1.807, 2.05) is 6.07 Å². The van der Waals surface area contributed by atoms with Gasteiger partial charge in [0.25, 0.3) is 0 Å². The standard InChI is InChI=1S/C11H14N4S.ClH/c12-8-1-4-15(5-2-8)11-10-9(3-6-16-10)13-7-14-11;/h3,6-8H,1-2,4-5,12H2;1H. The van der Waals surface area contributed by atoms with E-state index in [4.69, 9.17) is 5.73 Å². The highest BCUT2D eigenvalue weighted by Crippen LogP contribution is 2.29. The van der Waals surface area contributed by atoms with Gasteiger partial charge >= 0.3 is 0 Å². The highest BCUT2D eigenvalue weighted by Gasteiger charge is 2.19. The van der Waals surface area contributed by atoms with E-state index in [9.17, 15) is 0 Å². The van der Waals surface area contributed by atoms with E-state index >= 15 is 0 Å². The second kappa shape index (κ2) is 5.16. The lowest BCUT2D eigenvalue weighted by molar-refractivity contribution is 0.499. The van der Waals surface area contributed by atoms with E-state index in [0.29, 0.717) is 6.04 Å². The Morgan fingerprint density at radius 3 is 2.82 bits per heavy atom. The SMILES string of the molecule is Cl.NC1CCN(c2ncnc3ccsc23)CC1. The smallest absolute Gasteiger partial charge is 0.150 e. The van der Waals surface area contributed by atoms with Crippen molar-refractivity contribution in [1.29, 1.82) is 0 Å². The zero-order valence-corrected chi connectivity index (χ0v) is 11.0. The summed E-state index contributed by atoms with van der Waals surface area (Å²) in [5.41, 5.74) is 6.96. The highest BCUT2D eigenvalue weighted by atomic mass is 35.5. The van der Waals surface area contributed by atoms with Gasteiger partial charge < -0.3 is 10.6 Å². The van der Waals surface area contributed by atoms with Crippen LogP contribution in [0.1, 0.15) is 12.8 Å². The van der Waals surface area contributed by atoms with Crippen molar-refractivity contribution in [2.45, 2.75) is 18.9 Å². The second-order valence-electron chi connectivity index (χ2n) is 4.16. The van der Waals surface area contributed by atoms with Gasteiger partial charge in [-0.05, 0) is 24.3 Å². The van der Waals surface area contributed by atoms with E-state index in [1.165, 1.54) is 4.70 Å². The lowest BCUT2D eigenvalue weighted by Crippen LogP contribution is -2.40. The van der Waals surface area contributed by atoms with Crippen LogP contribution in [0, 0.1) is 0 Å². The Morgan fingerprint density at radius 2 is 2.06 bits per heavy atom. The quantitative estimate of drug-likeness (QED) is 0.862. The molecular weight excluding hydrogens is 256 g/mol. The van der Waals surface area contributed by atoms with E-state index in [2.05, 4.69) is 20.2 Å². The minimum atomic E-state index is 0. The highest BCUT2D eigenvalue weighted by molar-refractivity contribution is 7.17. The molecule has 4 nitrogen and oxygen atoms in total. The Balaban J connectivity index is 0.00000108. The number of nitrogens with two attached hydrogens (primary N) is 1. The van der Waals surface area contributed by atoms with Gasteiger partial charge in [-0.1, -0.05) is 0 Å². The summed E-state index contributed by atoms with van der Waals surface area (Å²) in [7, 11) is 0. The molecule has 0 atom stereocenters. The number of anilines is 1. The first-order valence-electron chi connectivity index (χ1n) is 5.53. The molecule has 3 rings (SSSR count). The fraction of sp³-hybridized carbons (Fsp3) is 0.455. The number of aromatic nitrogens is 2. The Bertz CT molecular complexity index is 493. The third-order valence-corrected chi connectivity index (χ3v) is 3.96. The molecule has 1 aliphatic heterocycles. The van der Waals surface area contributed by atoms with Gasteiger partial charge in [-0.2, -0.15) is 0 Å². The molecule has 0 aromatic carbocycles. The lowest BCUT2D eigenvalue weighted by Gasteiger charge is -2.31. The van der Waals surface area contributed by atoms with Crippen molar-refractivity contribution in [3.63, 3.8) is 0 Å². The number of nitrogens with zero attached hydrogens (tertiary/aromatic N) is 3. The zero-order valence-electron chi connectivity index (χ0n) is 9.37. The molecule has 2 aromatic heterocycles. The van der Waals surface area contributed by atoms with Gasteiger partial charge in [0.15, 0.2) is 0 Å². The first kappa shape index (κ1) is 12.5. The predicted molar refractivity (Wildman–Crippen MR) is 74.1 cm³/mol. The summed E-state index contributed by atoms with van der Waals surface area (Å²) < 4.78 is 1.19. The molecule has 1 saturated heterocycles. The van der Waals surface area contributed by atoms with E-state index in [1.54, 1.807) is 17.7 Å². The first-order chi connectivity index (χ1) is 7.84. The van der Waals surface area contributed by atoms with Crippen LogP contribution >= 0.6 is 23.7 Å². The minimum Gasteiger partial charge on any atom is -0.355 e. The molecular formula is C11H15ClN4S. The van der Waals surface area contributed by atoms with Crippen LogP contribution in [-0.2, 0) is 0 Å². The zero-order chi connectivity index (χ0) is 11.0. The summed E-state index contributed by atoms with van der Waals surface area (Å²) in [6, 6.07) is 2.40. The molecule has 0 spiro atoms. The second-order valence-corrected chi connectivity index (χ2v) is 5.07. The Labute approximate surface area is 110 Å². The summed E-state index contributed by atoms with van der Waals surface area (Å²) in [5, 5.41) is 2.07. The molecule has 2 aromatic rings. The maximum Gasteiger partial charge on any atom is 0.150 e. The number of halogens is 1. The third kappa shape index (κ3) is 2.36. The minimum absolute atomic E-state index is 0. The van der Waals surface area contributed by atoms with Crippen LogP contribution in [0.5, 0.6) is 0 Å². The van der Waals surface area contributed by atoms with Gasteiger partial charge in [-0.3, -0.25) is 0 Å². The molecule has 1 aliphatic rings. The topological polar surface area (TPSA) is 55.0 Å². The predicted octanol–water partition coefficient (Wildman–Crippen LogP) is 2.04. The van der Waals surface area contributed by atoms with Crippen molar-refractivity contribution in [1.82, 2.24) is 9.97 Å². The summed E-state index contributed by atoms with van der Waals surface area (Å²) in [6.45, 7) is 2.01. The van der Waals surface area contributed by atoms with Crippen molar-refractivity contribution in [2.24, 2.45) is 5.73 Å². The van der Waals surface area contributed by atoms with Gasteiger partial charge in [0, 0.05) is 19.1 Å². The van der Waals surface area contributed by atoms with Gasteiger partial charge in [0.1, 0.15) is 12.1 Å². The summed E-state index contributed by atoms with van der Waals surface area (Å²) in [6.07, 6.45) is 3.76. The van der Waals surface area contributed by atoms with E-state index in [0.717, 1.165) is 37.3 Å². The van der Waals surface area contributed by atoms with Crippen LogP contribution in [0.15, 0.2) is 17.8 Å². The molecule has 17 heavy (non-hydrogen) atoms. The molecule has 6 heteroatoms. The van der Waals surface area contributed by atoms with Crippen molar-refractivity contribution in [3.05, 3.63) is 17.8 Å². The fourth-order valence-corrected chi connectivity index (χ4v) is 2.97. The number of rotatable bonds is 1. The van der Waals surface area contributed by atoms with Gasteiger partial charge in [-0.25, -0.2) is 9.97 Å². The van der Waals surface area contributed by atoms with Crippen molar-refractivity contribution < 1.29 is 0 Å². The molecule has 2 N–H and O–H groups in total. The average Bonchev–Trinajstić information content (AvgIpc) is 2.78. The number of piperidine rings is 1.